The van der Waals surface area contributed by atoms with Gasteiger partial charge in [-0.2, -0.15) is 0 Å². The van der Waals surface area contributed by atoms with E-state index in [0.29, 0.717) is 0 Å². The SMILES string of the molecule is C[CH]([Na])N(C)C. The van der Waals surface area contributed by atoms with Crippen LogP contribution in [0, 0.1) is 0 Å². The summed E-state index contributed by atoms with van der Waals surface area (Å²) >= 11 is 1.28. The van der Waals surface area contributed by atoms with E-state index in [9.17, 15) is 0 Å². The van der Waals surface area contributed by atoms with Crippen molar-refractivity contribution in [2.24, 2.45) is 0 Å². The number of rotatable bonds is 1. The van der Waals surface area contributed by atoms with E-state index in [1.807, 2.05) is 0 Å². The Labute approximate surface area is 57.1 Å². The third-order valence-electron chi connectivity index (χ3n) is 1.03. The maximum atomic E-state index is 2.23. The molecule has 6 heavy (non-hydrogen) atoms. The summed E-state index contributed by atoms with van der Waals surface area (Å²) in [4.78, 5) is 2.23. The Hall–Kier alpha value is 0.960. The van der Waals surface area contributed by atoms with Crippen LogP contribution < -0.4 is 0 Å². The maximum absolute atomic E-state index is 2.23. The van der Waals surface area contributed by atoms with Crippen LogP contribution in [0.25, 0.3) is 0 Å². The number of hydrogen-bond donors (Lipinski definition) is 0. The Morgan fingerprint density at radius 1 is 1.50 bits per heavy atom. The first-order valence-electron chi connectivity index (χ1n) is 2.31. The van der Waals surface area contributed by atoms with Crippen LogP contribution in [0.5, 0.6) is 0 Å². The summed E-state index contributed by atoms with van der Waals surface area (Å²) in [5, 5.41) is 0. The van der Waals surface area contributed by atoms with Gasteiger partial charge in [-0.05, 0) is 0 Å². The first-order valence-corrected chi connectivity index (χ1v) is 3.46. The molecule has 0 saturated heterocycles. The van der Waals surface area contributed by atoms with Gasteiger partial charge >= 0.3 is 57.1 Å². The Bertz CT molecular complexity index is 28.5. The van der Waals surface area contributed by atoms with E-state index >= 15 is 0 Å². The van der Waals surface area contributed by atoms with E-state index in [1.54, 1.807) is 0 Å². The summed E-state index contributed by atoms with van der Waals surface area (Å²) in [6.45, 7) is 2.23. The number of hydrogen-bond acceptors (Lipinski definition) is 1. The van der Waals surface area contributed by atoms with Gasteiger partial charge in [-0.15, -0.1) is 0 Å². The van der Waals surface area contributed by atoms with Gasteiger partial charge < -0.3 is 0 Å². The molecule has 0 aromatic carbocycles. The van der Waals surface area contributed by atoms with Gasteiger partial charge in [-0.1, -0.05) is 0 Å². The average Bonchev–Trinajstić information content (AvgIpc) is 1.36. The minimum absolute atomic E-state index is 0.824. The van der Waals surface area contributed by atoms with Crippen molar-refractivity contribution in [2.45, 2.75) is 10.2 Å². The molecule has 0 aromatic heterocycles. The Kier molecular flexibility index (Phi) is 3.51. The molecule has 0 aromatic rings. The zero-order chi connectivity index (χ0) is 5.15. The van der Waals surface area contributed by atoms with E-state index in [0.717, 1.165) is 3.29 Å². The molecule has 0 N–H and O–H groups in total. The van der Waals surface area contributed by atoms with Crippen molar-refractivity contribution in [2.75, 3.05) is 14.1 Å². The Morgan fingerprint density at radius 3 is 1.67 bits per heavy atom. The van der Waals surface area contributed by atoms with Gasteiger partial charge in [0.2, 0.25) is 0 Å². The number of nitrogens with zero attached hydrogens (tertiary/aromatic N) is 1. The molecule has 0 fully saturated rings. The van der Waals surface area contributed by atoms with Gasteiger partial charge in [-0.3, -0.25) is 0 Å². The molecule has 32 valence electrons. The predicted molar refractivity (Wildman–Crippen MR) is 28.9 cm³/mol. The van der Waals surface area contributed by atoms with Gasteiger partial charge in [-0.25, -0.2) is 0 Å². The van der Waals surface area contributed by atoms with Crippen molar-refractivity contribution in [3.63, 3.8) is 0 Å². The summed E-state index contributed by atoms with van der Waals surface area (Å²) in [6.07, 6.45) is 0. The molecule has 0 rings (SSSR count). The normalized spacial score (nSPS) is 15.7. The van der Waals surface area contributed by atoms with Crippen molar-refractivity contribution >= 4 is 27.9 Å². The first kappa shape index (κ1) is 6.96. The molecule has 0 amide bonds. The van der Waals surface area contributed by atoms with Crippen LogP contribution in [-0.2, 0) is 0 Å². The fourth-order valence-electron chi connectivity index (χ4n) is 0. The summed E-state index contributed by atoms with van der Waals surface area (Å²) in [5.41, 5.74) is 0. The molecule has 0 saturated carbocycles. The van der Waals surface area contributed by atoms with Crippen molar-refractivity contribution in [1.82, 2.24) is 4.90 Å². The van der Waals surface area contributed by atoms with Crippen LogP contribution in [0.2, 0.25) is 0 Å². The quantitative estimate of drug-likeness (QED) is 0.416. The molecule has 0 heterocycles. The molecule has 1 nitrogen and oxygen atoms in total. The van der Waals surface area contributed by atoms with Crippen LogP contribution in [0.3, 0.4) is 0 Å². The summed E-state index contributed by atoms with van der Waals surface area (Å²) in [5.74, 6) is 0. The van der Waals surface area contributed by atoms with Gasteiger partial charge in [0.05, 0.1) is 0 Å². The van der Waals surface area contributed by atoms with Crippen LogP contribution in [0.4, 0.5) is 0 Å². The fraction of sp³-hybridized carbons (Fsp3) is 1.00. The molecule has 1 unspecified atom stereocenters. The standard InChI is InChI=1S/C4H10N.Na/c1-4-5(2)3;/h4H,1-3H3;. The monoisotopic (exact) mass is 95.1 g/mol. The summed E-state index contributed by atoms with van der Waals surface area (Å²) < 4.78 is 0.824. The van der Waals surface area contributed by atoms with Crippen molar-refractivity contribution < 1.29 is 0 Å². The Balaban J connectivity index is 2.99. The third-order valence-corrected chi connectivity index (χ3v) is 2.07. The summed E-state index contributed by atoms with van der Waals surface area (Å²) in [7, 11) is 4.22. The van der Waals surface area contributed by atoms with E-state index in [4.69, 9.17) is 0 Å². The molecule has 1 atom stereocenters. The molecule has 0 bridgehead atoms. The Morgan fingerprint density at radius 2 is 1.67 bits per heavy atom. The van der Waals surface area contributed by atoms with E-state index < -0.39 is 0 Å². The summed E-state index contributed by atoms with van der Waals surface area (Å²) in [6, 6.07) is 0. The zero-order valence-corrected chi connectivity index (χ0v) is 7.02. The van der Waals surface area contributed by atoms with Crippen molar-refractivity contribution in [3.8, 4) is 0 Å². The van der Waals surface area contributed by atoms with Gasteiger partial charge in [0.25, 0.3) is 0 Å². The van der Waals surface area contributed by atoms with Gasteiger partial charge in [0, 0.05) is 0 Å². The second kappa shape index (κ2) is 3.03. The zero-order valence-electron chi connectivity index (χ0n) is 5.02. The third kappa shape index (κ3) is 3.16. The molecule has 0 radical (unpaired) electrons. The fourth-order valence-corrected chi connectivity index (χ4v) is 0. The molecular formula is C4H10NNa. The van der Waals surface area contributed by atoms with Crippen LogP contribution in [0.15, 0.2) is 0 Å². The molecule has 0 spiro atoms. The topological polar surface area (TPSA) is 3.24 Å². The molecule has 0 aliphatic rings. The van der Waals surface area contributed by atoms with Gasteiger partial charge in [0.1, 0.15) is 0 Å². The molecule has 2 heteroatoms. The van der Waals surface area contributed by atoms with E-state index in [1.165, 1.54) is 27.9 Å². The first-order chi connectivity index (χ1) is 2.64. The second-order valence-corrected chi connectivity index (χ2v) is 3.73. The molecular weight excluding hydrogens is 85.0 g/mol. The van der Waals surface area contributed by atoms with Crippen LogP contribution in [-0.4, -0.2) is 50.2 Å². The van der Waals surface area contributed by atoms with Crippen molar-refractivity contribution in [3.05, 3.63) is 0 Å². The molecule has 0 aliphatic carbocycles. The van der Waals surface area contributed by atoms with Gasteiger partial charge in [0.15, 0.2) is 0 Å². The average molecular weight is 95.1 g/mol. The predicted octanol–water partition coefficient (Wildman–Crippen LogP) is 0.0625. The van der Waals surface area contributed by atoms with Crippen LogP contribution >= 0.6 is 0 Å². The van der Waals surface area contributed by atoms with E-state index in [2.05, 4.69) is 25.9 Å². The van der Waals surface area contributed by atoms with Crippen LogP contribution in [0.1, 0.15) is 6.92 Å². The van der Waals surface area contributed by atoms with Crippen molar-refractivity contribution in [1.29, 1.82) is 0 Å². The van der Waals surface area contributed by atoms with E-state index in [-0.39, 0.29) is 0 Å². The second-order valence-electron chi connectivity index (χ2n) is 2.06. The minimum atomic E-state index is 0.824. The molecule has 0 aliphatic heterocycles.